The Morgan fingerprint density at radius 3 is 2.87 bits per heavy atom. The molecule has 0 aliphatic carbocycles. The van der Waals surface area contributed by atoms with Gasteiger partial charge in [0.2, 0.25) is 0 Å². The Balaban J connectivity index is 2.53. The second kappa shape index (κ2) is 5.80. The van der Waals surface area contributed by atoms with Gasteiger partial charge in [-0.1, -0.05) is 6.92 Å². The molecule has 84 valence electrons. The van der Waals surface area contributed by atoms with Crippen LogP contribution < -0.4 is 5.32 Å². The van der Waals surface area contributed by atoms with Crippen molar-refractivity contribution in [2.24, 2.45) is 0 Å². The third-order valence-corrected chi connectivity index (χ3v) is 3.52. The smallest absolute Gasteiger partial charge is 0.129 e. The molecule has 1 N–H and O–H groups in total. The van der Waals surface area contributed by atoms with Crippen molar-refractivity contribution < 1.29 is 4.21 Å². The average molecular weight is 227 g/mol. The molecule has 4 nitrogen and oxygen atoms in total. The van der Waals surface area contributed by atoms with E-state index in [0.29, 0.717) is 6.54 Å². The highest BCUT2D eigenvalue weighted by atomic mass is 32.2. The van der Waals surface area contributed by atoms with Gasteiger partial charge in [-0.05, 0) is 13.3 Å². The number of aromatic nitrogens is 2. The molecule has 0 radical (unpaired) electrons. The normalized spacial score (nSPS) is 14.6. The summed E-state index contributed by atoms with van der Waals surface area (Å²) in [6.45, 7) is 4.67. The van der Waals surface area contributed by atoms with Gasteiger partial charge in [0.05, 0.1) is 0 Å². The molecule has 2 unspecified atom stereocenters. The van der Waals surface area contributed by atoms with Crippen LogP contribution in [0.3, 0.4) is 0 Å². The minimum Gasteiger partial charge on any atom is -0.369 e. The molecule has 1 heterocycles. The molecule has 0 spiro atoms. The van der Waals surface area contributed by atoms with Crippen molar-refractivity contribution in [1.82, 2.24) is 9.97 Å². The van der Waals surface area contributed by atoms with E-state index in [1.54, 1.807) is 12.6 Å². The summed E-state index contributed by atoms with van der Waals surface area (Å²) >= 11 is 0. The van der Waals surface area contributed by atoms with Crippen molar-refractivity contribution in [3.63, 3.8) is 0 Å². The molecule has 2 atom stereocenters. The number of anilines is 1. The average Bonchev–Trinajstić information content (AvgIpc) is 2.26. The number of hydrogen-bond donors (Lipinski definition) is 1. The van der Waals surface area contributed by atoms with Crippen LogP contribution >= 0.6 is 0 Å². The molecule has 0 aliphatic rings. The fraction of sp³-hybridized carbons (Fsp3) is 0.600. The zero-order valence-corrected chi connectivity index (χ0v) is 10.2. The Kier molecular flexibility index (Phi) is 4.68. The lowest BCUT2D eigenvalue weighted by molar-refractivity contribution is 0.678. The summed E-state index contributed by atoms with van der Waals surface area (Å²) in [5, 5.41) is 3.29. The molecule has 1 aromatic heterocycles. The van der Waals surface area contributed by atoms with E-state index in [9.17, 15) is 4.21 Å². The summed E-state index contributed by atoms with van der Waals surface area (Å²) in [5.41, 5.74) is 1.01. The second-order valence-corrected chi connectivity index (χ2v) is 5.24. The predicted molar refractivity (Wildman–Crippen MR) is 63.4 cm³/mol. The van der Waals surface area contributed by atoms with E-state index in [1.807, 2.05) is 13.0 Å². The van der Waals surface area contributed by atoms with Crippen molar-refractivity contribution in [1.29, 1.82) is 0 Å². The molecule has 1 aromatic rings. The lowest BCUT2D eigenvalue weighted by Crippen LogP contribution is -2.21. The van der Waals surface area contributed by atoms with E-state index in [1.165, 1.54) is 0 Å². The van der Waals surface area contributed by atoms with Gasteiger partial charge in [-0.2, -0.15) is 0 Å². The van der Waals surface area contributed by atoms with Gasteiger partial charge in [0.1, 0.15) is 12.1 Å². The summed E-state index contributed by atoms with van der Waals surface area (Å²) in [6.07, 6.45) is 4.16. The first-order chi connectivity index (χ1) is 7.13. The van der Waals surface area contributed by atoms with Gasteiger partial charge in [-0.15, -0.1) is 0 Å². The van der Waals surface area contributed by atoms with Crippen LogP contribution in [0.15, 0.2) is 12.4 Å². The lowest BCUT2D eigenvalue weighted by Gasteiger charge is -2.10. The van der Waals surface area contributed by atoms with Crippen molar-refractivity contribution in [2.75, 3.05) is 18.1 Å². The monoisotopic (exact) mass is 227 g/mol. The van der Waals surface area contributed by atoms with Crippen molar-refractivity contribution in [2.45, 2.75) is 25.5 Å². The summed E-state index contributed by atoms with van der Waals surface area (Å²) < 4.78 is 11.1. The number of nitrogens with zero attached hydrogens (tertiary/aromatic N) is 2. The molecule has 15 heavy (non-hydrogen) atoms. The molecular weight excluding hydrogens is 210 g/mol. The zero-order valence-electron chi connectivity index (χ0n) is 9.36. The second-order valence-electron chi connectivity index (χ2n) is 3.44. The fourth-order valence-corrected chi connectivity index (χ4v) is 1.37. The quantitative estimate of drug-likeness (QED) is 0.821. The lowest BCUT2D eigenvalue weighted by atomic mass is 10.3. The van der Waals surface area contributed by atoms with Gasteiger partial charge in [-0.25, -0.2) is 9.97 Å². The van der Waals surface area contributed by atoms with Crippen LogP contribution in [0.2, 0.25) is 0 Å². The molecule has 0 saturated heterocycles. The first-order valence-corrected chi connectivity index (χ1v) is 6.62. The van der Waals surface area contributed by atoms with Crippen molar-refractivity contribution >= 4 is 16.6 Å². The molecule has 0 fully saturated rings. The van der Waals surface area contributed by atoms with Gasteiger partial charge in [0.15, 0.2) is 0 Å². The first-order valence-electron chi connectivity index (χ1n) is 5.00. The maximum absolute atomic E-state index is 11.1. The number of hydrogen-bond acceptors (Lipinski definition) is 4. The summed E-state index contributed by atoms with van der Waals surface area (Å²) in [7, 11) is -0.797. The molecule has 1 rings (SSSR count). The summed E-state index contributed by atoms with van der Waals surface area (Å²) in [5.74, 6) is 0.805. The SMILES string of the molecule is CCc1cc(NCC(C)S(C)=O)ncn1. The molecular formula is C10H17N3OS. The van der Waals surface area contributed by atoms with E-state index >= 15 is 0 Å². The fourth-order valence-electron chi connectivity index (χ4n) is 1.05. The van der Waals surface area contributed by atoms with Crippen LogP contribution in [0.5, 0.6) is 0 Å². The Hall–Kier alpha value is -0.970. The van der Waals surface area contributed by atoms with Gasteiger partial charge in [0.25, 0.3) is 0 Å². The van der Waals surface area contributed by atoms with Gasteiger partial charge >= 0.3 is 0 Å². The molecule has 5 heteroatoms. The largest absolute Gasteiger partial charge is 0.369 e. The molecule has 0 aromatic carbocycles. The summed E-state index contributed by atoms with van der Waals surface area (Å²) in [6, 6.07) is 1.92. The minimum absolute atomic E-state index is 0.130. The highest BCUT2D eigenvalue weighted by molar-refractivity contribution is 7.84. The highest BCUT2D eigenvalue weighted by Gasteiger charge is 2.05. The first kappa shape index (κ1) is 12.1. The molecule has 0 bridgehead atoms. The zero-order chi connectivity index (χ0) is 11.3. The number of rotatable bonds is 5. The van der Waals surface area contributed by atoms with E-state index in [4.69, 9.17) is 0 Å². The third-order valence-electron chi connectivity index (χ3n) is 2.22. The molecule has 0 amide bonds. The van der Waals surface area contributed by atoms with Crippen LogP contribution in [-0.2, 0) is 17.2 Å². The van der Waals surface area contributed by atoms with E-state index in [2.05, 4.69) is 22.2 Å². The Bertz CT molecular complexity index is 343. The van der Waals surface area contributed by atoms with Gasteiger partial charge < -0.3 is 5.32 Å². The molecule has 0 saturated carbocycles. The van der Waals surface area contributed by atoms with Crippen LogP contribution in [0.25, 0.3) is 0 Å². The number of nitrogens with one attached hydrogen (secondary N) is 1. The van der Waals surface area contributed by atoms with E-state index < -0.39 is 10.8 Å². The maximum Gasteiger partial charge on any atom is 0.129 e. The van der Waals surface area contributed by atoms with Crippen LogP contribution in [0.4, 0.5) is 5.82 Å². The Labute approximate surface area is 93.0 Å². The summed E-state index contributed by atoms with van der Waals surface area (Å²) in [4.78, 5) is 8.21. The number of aryl methyl sites for hydroxylation is 1. The van der Waals surface area contributed by atoms with Crippen molar-refractivity contribution in [3.05, 3.63) is 18.1 Å². The van der Waals surface area contributed by atoms with E-state index in [0.717, 1.165) is 17.9 Å². The third kappa shape index (κ3) is 3.95. The van der Waals surface area contributed by atoms with Crippen LogP contribution in [0.1, 0.15) is 19.5 Å². The predicted octanol–water partition coefficient (Wildman–Crippen LogP) is 1.22. The van der Waals surface area contributed by atoms with Gasteiger partial charge in [-0.3, -0.25) is 4.21 Å². The highest BCUT2D eigenvalue weighted by Crippen LogP contribution is 2.05. The minimum atomic E-state index is -0.797. The van der Waals surface area contributed by atoms with Crippen molar-refractivity contribution in [3.8, 4) is 0 Å². The van der Waals surface area contributed by atoms with Gasteiger partial charge in [0, 0.05) is 40.6 Å². The molecule has 0 aliphatic heterocycles. The topological polar surface area (TPSA) is 54.9 Å². The van der Waals surface area contributed by atoms with E-state index in [-0.39, 0.29) is 5.25 Å². The Morgan fingerprint density at radius 2 is 2.27 bits per heavy atom. The van der Waals surface area contributed by atoms with Crippen LogP contribution in [-0.4, -0.2) is 32.2 Å². The Morgan fingerprint density at radius 1 is 1.53 bits per heavy atom. The van der Waals surface area contributed by atoms with Crippen LogP contribution in [0, 0.1) is 0 Å². The maximum atomic E-state index is 11.1. The standard InChI is InChI=1S/C10H17N3OS/c1-4-9-5-10(13-7-12-9)11-6-8(2)15(3)14/h5,7-8H,4,6H2,1-3H3,(H,11,12,13).